The first kappa shape index (κ1) is 20.6. The van der Waals surface area contributed by atoms with Gasteiger partial charge in [-0.25, -0.2) is 4.79 Å². The minimum absolute atomic E-state index is 0.0589. The Kier molecular flexibility index (Phi) is 6.31. The molecule has 0 saturated carbocycles. The molecule has 1 heterocycles. The highest BCUT2D eigenvalue weighted by molar-refractivity contribution is 6.09. The third kappa shape index (κ3) is 4.47. The number of rotatable bonds is 9. The van der Waals surface area contributed by atoms with Crippen LogP contribution in [-0.4, -0.2) is 52.7 Å². The largest absolute Gasteiger partial charge is 0.490 e. The standard InChI is InChI=1S/C22H24N2O5/c1-13(2)23-10-14(26)12-29-19-9-5-8-18-20(19)17(11-25)21(24-18)15-6-3-4-7-16(15)22(27)28/h3-9,11,13-14,23-24,26H,10,12H2,1-2H3,(H,27,28). The molecule has 0 amide bonds. The predicted octanol–water partition coefficient (Wildman–Crippen LogP) is 3.08. The van der Waals surface area contributed by atoms with E-state index in [0.717, 1.165) is 0 Å². The van der Waals surface area contributed by atoms with E-state index in [9.17, 15) is 19.8 Å². The first-order valence-corrected chi connectivity index (χ1v) is 9.39. The molecular weight excluding hydrogens is 372 g/mol. The van der Waals surface area contributed by atoms with Crippen LogP contribution in [-0.2, 0) is 0 Å². The number of aromatic amines is 1. The molecule has 7 nitrogen and oxygen atoms in total. The van der Waals surface area contributed by atoms with E-state index in [2.05, 4.69) is 10.3 Å². The van der Waals surface area contributed by atoms with Gasteiger partial charge in [0, 0.05) is 18.2 Å². The second kappa shape index (κ2) is 8.89. The summed E-state index contributed by atoms with van der Waals surface area (Å²) < 4.78 is 5.80. The number of nitrogens with one attached hydrogen (secondary N) is 2. The Morgan fingerprint density at radius 3 is 2.66 bits per heavy atom. The molecule has 0 aliphatic heterocycles. The molecule has 152 valence electrons. The molecule has 0 aliphatic rings. The zero-order valence-corrected chi connectivity index (χ0v) is 16.3. The molecular formula is C22H24N2O5. The number of benzene rings is 2. The molecule has 1 atom stereocenters. The number of hydrogen-bond donors (Lipinski definition) is 4. The number of aromatic carboxylic acids is 1. The van der Waals surface area contributed by atoms with Crippen LogP contribution in [0.2, 0.25) is 0 Å². The lowest BCUT2D eigenvalue weighted by atomic mass is 10.0. The van der Waals surface area contributed by atoms with Crippen molar-refractivity contribution in [3.05, 3.63) is 53.6 Å². The Morgan fingerprint density at radius 2 is 1.97 bits per heavy atom. The van der Waals surface area contributed by atoms with Crippen LogP contribution in [0.5, 0.6) is 5.75 Å². The molecule has 0 fully saturated rings. The molecule has 4 N–H and O–H groups in total. The fourth-order valence-corrected chi connectivity index (χ4v) is 3.19. The van der Waals surface area contributed by atoms with Gasteiger partial charge in [0.05, 0.1) is 27.7 Å². The van der Waals surface area contributed by atoms with Crippen molar-refractivity contribution in [2.24, 2.45) is 0 Å². The molecule has 7 heteroatoms. The van der Waals surface area contributed by atoms with Gasteiger partial charge in [0.15, 0.2) is 6.29 Å². The minimum Gasteiger partial charge on any atom is -0.490 e. The molecule has 0 spiro atoms. The zero-order valence-electron chi connectivity index (χ0n) is 16.3. The van der Waals surface area contributed by atoms with Crippen LogP contribution in [0.3, 0.4) is 0 Å². The van der Waals surface area contributed by atoms with Crippen molar-refractivity contribution in [3.8, 4) is 17.0 Å². The van der Waals surface area contributed by atoms with Gasteiger partial charge in [-0.2, -0.15) is 0 Å². The summed E-state index contributed by atoms with van der Waals surface area (Å²) in [5.41, 5.74) is 1.91. The van der Waals surface area contributed by atoms with Crippen molar-refractivity contribution in [1.29, 1.82) is 0 Å². The highest BCUT2D eigenvalue weighted by atomic mass is 16.5. The van der Waals surface area contributed by atoms with E-state index in [0.29, 0.717) is 46.3 Å². The molecule has 29 heavy (non-hydrogen) atoms. The van der Waals surface area contributed by atoms with Gasteiger partial charge < -0.3 is 25.3 Å². The van der Waals surface area contributed by atoms with Gasteiger partial charge in [-0.1, -0.05) is 38.1 Å². The van der Waals surface area contributed by atoms with Gasteiger partial charge in [0.25, 0.3) is 0 Å². The number of aliphatic hydroxyl groups excluding tert-OH is 1. The van der Waals surface area contributed by atoms with E-state index in [-0.39, 0.29) is 18.2 Å². The normalized spacial score (nSPS) is 12.3. The van der Waals surface area contributed by atoms with Crippen molar-refractivity contribution >= 4 is 23.2 Å². The maximum atomic E-state index is 11.9. The Hall–Kier alpha value is -3.16. The lowest BCUT2D eigenvalue weighted by Gasteiger charge is -2.15. The van der Waals surface area contributed by atoms with Crippen molar-refractivity contribution in [2.45, 2.75) is 26.0 Å². The second-order valence-corrected chi connectivity index (χ2v) is 7.09. The van der Waals surface area contributed by atoms with Crippen LogP contribution in [0.4, 0.5) is 0 Å². The molecule has 1 aromatic heterocycles. The Morgan fingerprint density at radius 1 is 1.21 bits per heavy atom. The molecule has 0 aliphatic carbocycles. The van der Waals surface area contributed by atoms with Gasteiger partial charge in [-0.3, -0.25) is 4.79 Å². The topological polar surface area (TPSA) is 112 Å². The van der Waals surface area contributed by atoms with Gasteiger partial charge in [0.2, 0.25) is 0 Å². The van der Waals surface area contributed by atoms with Crippen LogP contribution in [0.1, 0.15) is 34.6 Å². The number of aldehydes is 1. The van der Waals surface area contributed by atoms with Crippen LogP contribution < -0.4 is 10.1 Å². The molecule has 0 radical (unpaired) electrons. The third-order valence-electron chi connectivity index (χ3n) is 4.56. The van der Waals surface area contributed by atoms with Gasteiger partial charge in [-0.05, 0) is 18.2 Å². The van der Waals surface area contributed by atoms with Gasteiger partial charge in [0.1, 0.15) is 18.5 Å². The fraction of sp³-hybridized carbons (Fsp3) is 0.273. The quantitative estimate of drug-likeness (QED) is 0.414. The summed E-state index contributed by atoms with van der Waals surface area (Å²) >= 11 is 0. The maximum Gasteiger partial charge on any atom is 0.336 e. The number of H-pyrrole nitrogens is 1. The Labute approximate surface area is 168 Å². The third-order valence-corrected chi connectivity index (χ3v) is 4.56. The summed E-state index contributed by atoms with van der Waals surface area (Å²) in [6, 6.07) is 12.0. The maximum absolute atomic E-state index is 11.9. The number of fused-ring (bicyclic) bond motifs is 1. The Bertz CT molecular complexity index is 1030. The fourth-order valence-electron chi connectivity index (χ4n) is 3.19. The summed E-state index contributed by atoms with van der Waals surface area (Å²) in [7, 11) is 0. The van der Waals surface area contributed by atoms with Crippen molar-refractivity contribution < 1.29 is 24.5 Å². The molecule has 3 rings (SSSR count). The molecule has 0 bridgehead atoms. The van der Waals surface area contributed by atoms with Crippen molar-refractivity contribution in [1.82, 2.24) is 10.3 Å². The number of ether oxygens (including phenoxy) is 1. The molecule has 2 aromatic carbocycles. The molecule has 3 aromatic rings. The molecule has 1 unspecified atom stereocenters. The number of carboxylic acids is 1. The monoisotopic (exact) mass is 396 g/mol. The minimum atomic E-state index is -1.08. The van der Waals surface area contributed by atoms with Gasteiger partial charge in [-0.15, -0.1) is 0 Å². The SMILES string of the molecule is CC(C)NCC(O)COc1cccc2[nH]c(-c3ccccc3C(=O)O)c(C=O)c12. The zero-order chi connectivity index (χ0) is 21.0. The Balaban J connectivity index is 1.99. The average Bonchev–Trinajstić information content (AvgIpc) is 3.09. The lowest BCUT2D eigenvalue weighted by molar-refractivity contribution is 0.0697. The van der Waals surface area contributed by atoms with Gasteiger partial charge >= 0.3 is 5.97 Å². The second-order valence-electron chi connectivity index (χ2n) is 7.09. The number of carbonyl (C=O) groups excluding carboxylic acids is 1. The molecule has 0 saturated heterocycles. The number of carboxylic acid groups (broad SMARTS) is 1. The number of carbonyl (C=O) groups is 2. The first-order valence-electron chi connectivity index (χ1n) is 9.39. The van der Waals surface area contributed by atoms with E-state index < -0.39 is 12.1 Å². The number of aliphatic hydroxyl groups is 1. The smallest absolute Gasteiger partial charge is 0.336 e. The van der Waals surface area contributed by atoms with Crippen LogP contribution in [0.25, 0.3) is 22.2 Å². The van der Waals surface area contributed by atoms with E-state index in [4.69, 9.17) is 4.74 Å². The summed E-state index contributed by atoms with van der Waals surface area (Å²) in [5, 5.41) is 23.3. The number of aromatic nitrogens is 1. The van der Waals surface area contributed by atoms with Crippen molar-refractivity contribution in [2.75, 3.05) is 13.2 Å². The summed E-state index contributed by atoms with van der Waals surface area (Å²) in [6.07, 6.45) is -0.0189. The highest BCUT2D eigenvalue weighted by Gasteiger charge is 2.20. The summed E-state index contributed by atoms with van der Waals surface area (Å²) in [4.78, 5) is 26.7. The van der Waals surface area contributed by atoms with Crippen LogP contribution >= 0.6 is 0 Å². The van der Waals surface area contributed by atoms with E-state index >= 15 is 0 Å². The van der Waals surface area contributed by atoms with Crippen molar-refractivity contribution in [3.63, 3.8) is 0 Å². The van der Waals surface area contributed by atoms with E-state index in [1.54, 1.807) is 36.4 Å². The van der Waals surface area contributed by atoms with Crippen LogP contribution in [0, 0.1) is 0 Å². The predicted molar refractivity (Wildman–Crippen MR) is 111 cm³/mol. The number of hydrogen-bond acceptors (Lipinski definition) is 5. The first-order chi connectivity index (χ1) is 13.9. The van der Waals surface area contributed by atoms with Crippen LogP contribution in [0.15, 0.2) is 42.5 Å². The van der Waals surface area contributed by atoms with E-state index in [1.165, 1.54) is 6.07 Å². The van der Waals surface area contributed by atoms with E-state index in [1.807, 2.05) is 13.8 Å². The summed E-state index contributed by atoms with van der Waals surface area (Å²) in [6.45, 7) is 4.42. The summed E-state index contributed by atoms with van der Waals surface area (Å²) in [5.74, 6) is -0.628. The average molecular weight is 396 g/mol. The highest BCUT2D eigenvalue weighted by Crippen LogP contribution is 2.36. The lowest BCUT2D eigenvalue weighted by Crippen LogP contribution is -2.35.